The van der Waals surface area contributed by atoms with E-state index in [1.807, 2.05) is 12.1 Å². The molecule has 1 aromatic rings. The topological polar surface area (TPSA) is 39.7 Å². The van der Waals surface area contributed by atoms with E-state index in [9.17, 15) is 0 Å². The fourth-order valence-corrected chi connectivity index (χ4v) is 2.05. The molecule has 0 radical (unpaired) electrons. The van der Waals surface area contributed by atoms with Crippen molar-refractivity contribution in [1.82, 2.24) is 5.32 Å². The first-order chi connectivity index (χ1) is 9.49. The van der Waals surface area contributed by atoms with Crippen LogP contribution in [0.15, 0.2) is 18.2 Å². The van der Waals surface area contributed by atoms with Crippen molar-refractivity contribution in [3.8, 4) is 11.5 Å². The van der Waals surface area contributed by atoms with Gasteiger partial charge in [0.1, 0.15) is 0 Å². The van der Waals surface area contributed by atoms with Gasteiger partial charge >= 0.3 is 0 Å². The van der Waals surface area contributed by atoms with Gasteiger partial charge in [0.05, 0.1) is 18.2 Å². The summed E-state index contributed by atoms with van der Waals surface area (Å²) >= 11 is 0. The first-order valence-corrected chi connectivity index (χ1v) is 7.26. The van der Waals surface area contributed by atoms with Crippen molar-refractivity contribution in [2.45, 2.75) is 45.8 Å². The van der Waals surface area contributed by atoms with Gasteiger partial charge < -0.3 is 19.5 Å². The molecule has 1 aliphatic heterocycles. The Morgan fingerprint density at radius 2 is 2.00 bits per heavy atom. The molecule has 20 heavy (non-hydrogen) atoms. The maximum Gasteiger partial charge on any atom is 0.231 e. The van der Waals surface area contributed by atoms with Crippen molar-refractivity contribution in [3.63, 3.8) is 0 Å². The molecule has 1 atom stereocenters. The van der Waals surface area contributed by atoms with Crippen molar-refractivity contribution in [1.29, 1.82) is 0 Å². The number of nitrogens with one attached hydrogen (secondary N) is 1. The monoisotopic (exact) mass is 279 g/mol. The number of fused-ring (bicyclic) bond motifs is 1. The number of ether oxygens (including phenoxy) is 3. The van der Waals surface area contributed by atoms with E-state index in [2.05, 4.69) is 39.1 Å². The number of benzene rings is 1. The molecule has 1 aliphatic rings. The molecule has 1 aromatic carbocycles. The molecule has 4 heteroatoms. The van der Waals surface area contributed by atoms with Gasteiger partial charge in [-0.15, -0.1) is 0 Å². The number of hydrogen-bond donors (Lipinski definition) is 1. The fourth-order valence-electron chi connectivity index (χ4n) is 2.05. The van der Waals surface area contributed by atoms with Crippen molar-refractivity contribution >= 4 is 0 Å². The number of rotatable bonds is 6. The van der Waals surface area contributed by atoms with Crippen molar-refractivity contribution < 1.29 is 14.2 Å². The third-order valence-electron chi connectivity index (χ3n) is 3.12. The minimum Gasteiger partial charge on any atom is -0.454 e. The van der Waals surface area contributed by atoms with E-state index in [0.717, 1.165) is 24.5 Å². The molecule has 0 aliphatic carbocycles. The highest BCUT2D eigenvalue weighted by atomic mass is 16.7. The Balaban J connectivity index is 2.09. The first-order valence-electron chi connectivity index (χ1n) is 7.26. The van der Waals surface area contributed by atoms with E-state index in [4.69, 9.17) is 14.2 Å². The molecule has 0 spiro atoms. The molecule has 4 nitrogen and oxygen atoms in total. The summed E-state index contributed by atoms with van der Waals surface area (Å²) in [6.45, 7) is 10.3. The van der Waals surface area contributed by atoms with Crippen molar-refractivity contribution in [2.24, 2.45) is 0 Å². The summed E-state index contributed by atoms with van der Waals surface area (Å²) in [4.78, 5) is 0. The van der Waals surface area contributed by atoms with E-state index >= 15 is 0 Å². The molecular formula is C16H25NO3. The average Bonchev–Trinajstić information content (AvgIpc) is 2.85. The molecule has 0 bridgehead atoms. The van der Waals surface area contributed by atoms with E-state index in [1.165, 1.54) is 5.56 Å². The van der Waals surface area contributed by atoms with Crippen LogP contribution in [0.25, 0.3) is 0 Å². The first kappa shape index (κ1) is 15.1. The second-order valence-corrected chi connectivity index (χ2v) is 6.04. The summed E-state index contributed by atoms with van der Waals surface area (Å²) in [5, 5.41) is 3.53. The largest absolute Gasteiger partial charge is 0.454 e. The summed E-state index contributed by atoms with van der Waals surface area (Å²) < 4.78 is 16.7. The van der Waals surface area contributed by atoms with Gasteiger partial charge in [0.15, 0.2) is 11.5 Å². The Morgan fingerprint density at radius 3 is 2.70 bits per heavy atom. The normalized spacial score (nSPS) is 15.4. The molecule has 0 fully saturated rings. The summed E-state index contributed by atoms with van der Waals surface area (Å²) in [6, 6.07) is 6.26. The smallest absolute Gasteiger partial charge is 0.231 e. The molecule has 0 amide bonds. The Bertz CT molecular complexity index is 440. The molecule has 1 unspecified atom stereocenters. The van der Waals surface area contributed by atoms with Crippen LogP contribution >= 0.6 is 0 Å². The highest BCUT2D eigenvalue weighted by molar-refractivity contribution is 5.45. The highest BCUT2D eigenvalue weighted by Crippen LogP contribution is 2.34. The summed E-state index contributed by atoms with van der Waals surface area (Å²) in [5.74, 6) is 1.64. The second-order valence-electron chi connectivity index (χ2n) is 6.04. The van der Waals surface area contributed by atoms with E-state index < -0.39 is 0 Å². The van der Waals surface area contributed by atoms with Crippen LogP contribution in [0.5, 0.6) is 11.5 Å². The molecule has 0 saturated carbocycles. The summed E-state index contributed by atoms with van der Waals surface area (Å²) in [7, 11) is 0. The van der Waals surface area contributed by atoms with Crippen LogP contribution in [0.1, 0.15) is 45.7 Å². The fraction of sp³-hybridized carbons (Fsp3) is 0.625. The molecular weight excluding hydrogens is 254 g/mol. The van der Waals surface area contributed by atoms with Crippen LogP contribution < -0.4 is 14.8 Å². The quantitative estimate of drug-likeness (QED) is 0.867. The molecule has 2 rings (SSSR count). The summed E-state index contributed by atoms with van der Waals surface area (Å²) in [6.07, 6.45) is 1.09. The maximum absolute atomic E-state index is 5.93. The Kier molecular flexibility index (Phi) is 4.89. The van der Waals surface area contributed by atoms with E-state index in [0.29, 0.717) is 13.4 Å². The van der Waals surface area contributed by atoms with Gasteiger partial charge in [-0.2, -0.15) is 0 Å². The van der Waals surface area contributed by atoms with Crippen LogP contribution in [0.3, 0.4) is 0 Å². The Hall–Kier alpha value is -1.26. The predicted octanol–water partition coefficient (Wildman–Crippen LogP) is 3.27. The summed E-state index contributed by atoms with van der Waals surface area (Å²) in [5.41, 5.74) is 1.04. The highest BCUT2D eigenvalue weighted by Gasteiger charge is 2.20. The molecule has 1 N–H and O–H groups in total. The van der Waals surface area contributed by atoms with Crippen molar-refractivity contribution in [3.05, 3.63) is 23.8 Å². The zero-order valence-electron chi connectivity index (χ0n) is 12.9. The Labute approximate surface area is 121 Å². The second kappa shape index (κ2) is 6.46. The minimum atomic E-state index is -0.136. The third-order valence-corrected chi connectivity index (χ3v) is 3.12. The molecule has 112 valence electrons. The predicted molar refractivity (Wildman–Crippen MR) is 79.3 cm³/mol. The zero-order valence-corrected chi connectivity index (χ0v) is 12.9. The standard InChI is InChI=1S/C16H25NO3/c1-5-8-17-13(10-20-16(2,3)4)12-6-7-14-15(9-12)19-11-18-14/h6-7,9,13,17H,5,8,10-11H2,1-4H3. The average molecular weight is 279 g/mol. The van der Waals surface area contributed by atoms with Gasteiger partial charge in [0.2, 0.25) is 6.79 Å². The minimum absolute atomic E-state index is 0.136. The van der Waals surface area contributed by atoms with Crippen LogP contribution in [0.4, 0.5) is 0 Å². The van der Waals surface area contributed by atoms with Crippen LogP contribution in [0, 0.1) is 0 Å². The molecule has 0 aromatic heterocycles. The van der Waals surface area contributed by atoms with Crippen molar-refractivity contribution in [2.75, 3.05) is 19.9 Å². The van der Waals surface area contributed by atoms with E-state index in [1.54, 1.807) is 0 Å². The van der Waals surface area contributed by atoms with Gasteiger partial charge in [-0.05, 0) is 51.4 Å². The van der Waals surface area contributed by atoms with Gasteiger partial charge in [-0.1, -0.05) is 13.0 Å². The van der Waals surface area contributed by atoms with Crippen LogP contribution in [0.2, 0.25) is 0 Å². The SMILES string of the molecule is CCCNC(COC(C)(C)C)c1ccc2c(c1)OCO2. The van der Waals surface area contributed by atoms with Gasteiger partial charge in [-0.25, -0.2) is 0 Å². The lowest BCUT2D eigenvalue weighted by Crippen LogP contribution is -2.30. The Morgan fingerprint density at radius 1 is 1.25 bits per heavy atom. The van der Waals surface area contributed by atoms with Crippen LogP contribution in [-0.4, -0.2) is 25.5 Å². The maximum atomic E-state index is 5.93. The lowest BCUT2D eigenvalue weighted by Gasteiger charge is -2.25. The lowest BCUT2D eigenvalue weighted by atomic mass is 10.1. The lowest BCUT2D eigenvalue weighted by molar-refractivity contribution is -0.0147. The number of hydrogen-bond acceptors (Lipinski definition) is 4. The third kappa shape index (κ3) is 4.12. The molecule has 0 saturated heterocycles. The van der Waals surface area contributed by atoms with Crippen LogP contribution in [-0.2, 0) is 4.74 Å². The van der Waals surface area contributed by atoms with Gasteiger partial charge in [0.25, 0.3) is 0 Å². The van der Waals surface area contributed by atoms with E-state index in [-0.39, 0.29) is 11.6 Å². The van der Waals surface area contributed by atoms with Gasteiger partial charge in [0, 0.05) is 0 Å². The van der Waals surface area contributed by atoms with Gasteiger partial charge in [-0.3, -0.25) is 0 Å². The molecule has 1 heterocycles. The zero-order chi connectivity index (χ0) is 14.6.